The molecule has 0 radical (unpaired) electrons. The van der Waals surface area contributed by atoms with E-state index in [0.717, 1.165) is 43.1 Å². The van der Waals surface area contributed by atoms with Gasteiger partial charge in [-0.3, -0.25) is 14.5 Å². The molecule has 2 heterocycles. The van der Waals surface area contributed by atoms with Crippen LogP contribution in [0.2, 0.25) is 0 Å². The fourth-order valence-corrected chi connectivity index (χ4v) is 5.13. The van der Waals surface area contributed by atoms with E-state index < -0.39 is 11.7 Å². The summed E-state index contributed by atoms with van der Waals surface area (Å²) in [5, 5.41) is 2.90. The predicted molar refractivity (Wildman–Crippen MR) is 127 cm³/mol. The Morgan fingerprint density at radius 3 is 2.47 bits per heavy atom. The molecule has 5 nitrogen and oxygen atoms in total. The number of anilines is 1. The molecule has 0 atom stereocenters. The van der Waals surface area contributed by atoms with E-state index in [1.807, 2.05) is 12.1 Å². The molecule has 34 heavy (non-hydrogen) atoms. The number of rotatable bonds is 7. The minimum Gasteiger partial charge on any atom is -0.355 e. The van der Waals surface area contributed by atoms with Gasteiger partial charge in [-0.25, -0.2) is 0 Å². The normalized spacial score (nSPS) is 17.8. The Labute approximate surface area is 201 Å². The molecule has 1 fully saturated rings. The van der Waals surface area contributed by atoms with Gasteiger partial charge in [-0.1, -0.05) is 36.0 Å². The summed E-state index contributed by atoms with van der Waals surface area (Å²) in [6.45, 7) is 3.59. The van der Waals surface area contributed by atoms with Crippen LogP contribution < -0.4 is 10.2 Å². The number of likely N-dealkylation sites (tertiary alicyclic amines) is 1. The molecule has 0 unspecified atom stereocenters. The average molecular weight is 490 g/mol. The Bertz CT molecular complexity index is 1060. The van der Waals surface area contributed by atoms with Gasteiger partial charge >= 0.3 is 6.18 Å². The number of hydrogen-bond acceptors (Lipinski definition) is 4. The highest BCUT2D eigenvalue weighted by atomic mass is 32.2. The number of hydrogen-bond donors (Lipinski definition) is 1. The summed E-state index contributed by atoms with van der Waals surface area (Å²) in [7, 11) is 0. The third kappa shape index (κ3) is 6.01. The lowest BCUT2D eigenvalue weighted by atomic mass is 10.1. The van der Waals surface area contributed by atoms with Gasteiger partial charge in [0.1, 0.15) is 6.54 Å². The van der Waals surface area contributed by atoms with E-state index in [2.05, 4.69) is 10.2 Å². The molecule has 2 amide bonds. The van der Waals surface area contributed by atoms with Crippen LogP contribution in [-0.4, -0.2) is 49.4 Å². The number of halogens is 3. The van der Waals surface area contributed by atoms with Gasteiger partial charge in [0, 0.05) is 11.4 Å². The number of fused-ring (bicyclic) bond motifs is 1. The van der Waals surface area contributed by atoms with Crippen molar-refractivity contribution in [3.05, 3.63) is 64.6 Å². The smallest absolute Gasteiger partial charge is 0.355 e. The maximum atomic E-state index is 13.2. The highest BCUT2D eigenvalue weighted by molar-refractivity contribution is 8.04. The largest absolute Gasteiger partial charge is 0.416 e. The van der Waals surface area contributed by atoms with Crippen LogP contribution in [0.4, 0.5) is 18.9 Å². The van der Waals surface area contributed by atoms with E-state index in [1.54, 1.807) is 18.2 Å². The fourth-order valence-electron chi connectivity index (χ4n) is 4.08. The number of benzene rings is 2. The summed E-state index contributed by atoms with van der Waals surface area (Å²) in [4.78, 5) is 30.8. The zero-order valence-electron chi connectivity index (χ0n) is 18.6. The van der Waals surface area contributed by atoms with Crippen molar-refractivity contribution < 1.29 is 22.8 Å². The van der Waals surface area contributed by atoms with Gasteiger partial charge in [0.15, 0.2) is 0 Å². The second kappa shape index (κ2) is 10.7. The topological polar surface area (TPSA) is 52.7 Å². The predicted octanol–water partition coefficient (Wildman–Crippen LogP) is 4.79. The van der Waals surface area contributed by atoms with Crippen molar-refractivity contribution in [1.29, 1.82) is 0 Å². The Kier molecular flexibility index (Phi) is 7.63. The summed E-state index contributed by atoms with van der Waals surface area (Å²) < 4.78 is 38.5. The van der Waals surface area contributed by atoms with Gasteiger partial charge in [0.25, 0.3) is 5.91 Å². The number of carbonyl (C=O) groups is 2. The quantitative estimate of drug-likeness (QED) is 0.449. The lowest BCUT2D eigenvalue weighted by Crippen LogP contribution is -2.43. The number of alkyl halides is 3. The third-order valence-electron chi connectivity index (χ3n) is 5.84. The zero-order valence-corrected chi connectivity index (χ0v) is 19.4. The molecule has 2 aliphatic heterocycles. The van der Waals surface area contributed by atoms with Gasteiger partial charge in [0.2, 0.25) is 5.91 Å². The van der Waals surface area contributed by atoms with Crippen LogP contribution in [-0.2, 0) is 15.8 Å². The van der Waals surface area contributed by atoms with Crippen LogP contribution in [0.3, 0.4) is 0 Å². The molecule has 4 rings (SSSR count). The van der Waals surface area contributed by atoms with Crippen molar-refractivity contribution in [1.82, 2.24) is 10.2 Å². The first kappa shape index (κ1) is 24.3. The van der Waals surface area contributed by atoms with Crippen LogP contribution in [0.1, 0.15) is 30.4 Å². The molecule has 0 aliphatic carbocycles. The highest BCUT2D eigenvalue weighted by Gasteiger charge is 2.31. The van der Waals surface area contributed by atoms with E-state index >= 15 is 0 Å². The minimum absolute atomic E-state index is 0.121. The molecule has 2 aromatic rings. The maximum Gasteiger partial charge on any atom is 0.416 e. The Hall–Kier alpha value is -2.78. The summed E-state index contributed by atoms with van der Waals surface area (Å²) >= 11 is 1.25. The van der Waals surface area contributed by atoms with Crippen LogP contribution in [0.5, 0.6) is 0 Å². The van der Waals surface area contributed by atoms with Crippen molar-refractivity contribution in [2.45, 2.75) is 30.3 Å². The molecule has 9 heteroatoms. The standard InChI is InChI=1S/C25H26F3N3O2S/c26-25(27,28)19-10-8-18(9-11-19)16-22-24(33)31(20-6-1-2-7-21(20)34-22)17-23(32)29-12-5-15-30-13-3-4-14-30/h1-2,6-11,16H,3-5,12-15,17H2,(H,29,32)/b22-16-. The Morgan fingerprint density at radius 2 is 1.76 bits per heavy atom. The summed E-state index contributed by atoms with van der Waals surface area (Å²) in [6.07, 6.45) is 0.445. The lowest BCUT2D eigenvalue weighted by molar-refractivity contribution is -0.137. The summed E-state index contributed by atoms with van der Waals surface area (Å²) in [6, 6.07) is 11.9. The first-order valence-electron chi connectivity index (χ1n) is 11.3. The molecule has 1 saturated heterocycles. The van der Waals surface area contributed by atoms with E-state index in [9.17, 15) is 22.8 Å². The van der Waals surface area contributed by atoms with E-state index in [-0.39, 0.29) is 18.4 Å². The minimum atomic E-state index is -4.42. The van der Waals surface area contributed by atoms with Crippen molar-refractivity contribution in [2.75, 3.05) is 37.6 Å². The Morgan fingerprint density at radius 1 is 1.06 bits per heavy atom. The first-order chi connectivity index (χ1) is 16.3. The maximum absolute atomic E-state index is 13.2. The van der Waals surface area contributed by atoms with Crippen molar-refractivity contribution in [2.24, 2.45) is 0 Å². The molecule has 1 N–H and O–H groups in total. The molecule has 0 aromatic heterocycles. The van der Waals surface area contributed by atoms with Gasteiger partial charge < -0.3 is 10.2 Å². The van der Waals surface area contributed by atoms with Gasteiger partial charge in [-0.15, -0.1) is 0 Å². The molecule has 180 valence electrons. The molecular formula is C25H26F3N3O2S. The number of carbonyl (C=O) groups excluding carboxylic acids is 2. The monoisotopic (exact) mass is 489 g/mol. The van der Waals surface area contributed by atoms with E-state index in [1.165, 1.54) is 41.6 Å². The number of nitrogens with zero attached hydrogens (tertiary/aromatic N) is 2. The number of para-hydroxylation sites is 1. The molecular weight excluding hydrogens is 463 g/mol. The number of thioether (sulfide) groups is 1. The number of nitrogens with one attached hydrogen (secondary N) is 1. The van der Waals surface area contributed by atoms with Crippen LogP contribution in [0.15, 0.2) is 58.3 Å². The number of amides is 2. The Balaban J connectivity index is 1.44. The second-order valence-electron chi connectivity index (χ2n) is 8.34. The van der Waals surface area contributed by atoms with Crippen molar-refractivity contribution in [3.8, 4) is 0 Å². The first-order valence-corrected chi connectivity index (χ1v) is 12.1. The van der Waals surface area contributed by atoms with Crippen molar-refractivity contribution in [3.63, 3.8) is 0 Å². The summed E-state index contributed by atoms with van der Waals surface area (Å²) in [5.74, 6) is -0.596. The summed E-state index contributed by atoms with van der Waals surface area (Å²) in [5.41, 5.74) is 0.384. The lowest BCUT2D eigenvalue weighted by Gasteiger charge is -2.29. The molecule has 2 aromatic carbocycles. The van der Waals surface area contributed by atoms with Crippen LogP contribution >= 0.6 is 11.8 Å². The highest BCUT2D eigenvalue weighted by Crippen LogP contribution is 2.42. The van der Waals surface area contributed by atoms with Gasteiger partial charge in [0.05, 0.1) is 16.2 Å². The second-order valence-corrected chi connectivity index (χ2v) is 9.43. The van der Waals surface area contributed by atoms with E-state index in [4.69, 9.17) is 0 Å². The molecule has 0 spiro atoms. The van der Waals surface area contributed by atoms with Gasteiger partial charge in [-0.05, 0) is 74.8 Å². The molecule has 2 aliphatic rings. The van der Waals surface area contributed by atoms with Crippen LogP contribution in [0, 0.1) is 0 Å². The average Bonchev–Trinajstić information content (AvgIpc) is 3.33. The van der Waals surface area contributed by atoms with Gasteiger partial charge in [-0.2, -0.15) is 13.2 Å². The molecule has 0 bridgehead atoms. The van der Waals surface area contributed by atoms with Crippen LogP contribution in [0.25, 0.3) is 6.08 Å². The van der Waals surface area contributed by atoms with Crippen molar-refractivity contribution >= 4 is 35.3 Å². The SMILES string of the molecule is O=C(CN1C(=O)/C(=C/c2ccc(C(F)(F)F)cc2)Sc2ccccc21)NCCCN1CCCC1. The zero-order chi connectivity index (χ0) is 24.1. The fraction of sp³-hybridized carbons (Fsp3) is 0.360. The molecule has 0 saturated carbocycles. The van der Waals surface area contributed by atoms with E-state index in [0.29, 0.717) is 22.7 Å². The third-order valence-corrected chi connectivity index (χ3v) is 6.92.